The first-order valence-electron chi connectivity index (χ1n) is 4.04. The summed E-state index contributed by atoms with van der Waals surface area (Å²) < 4.78 is 0.848. The van der Waals surface area contributed by atoms with Crippen molar-refractivity contribution in [1.29, 1.82) is 0 Å². The Balaban J connectivity index is 2.92. The van der Waals surface area contributed by atoms with Crippen molar-refractivity contribution in [2.45, 2.75) is 20.8 Å². The molecule has 0 spiro atoms. The van der Waals surface area contributed by atoms with Crippen LogP contribution in [0.3, 0.4) is 0 Å². The summed E-state index contributed by atoms with van der Waals surface area (Å²) in [7, 11) is 1.92. The van der Waals surface area contributed by atoms with Crippen LogP contribution >= 0.6 is 36.2 Å². The Kier molecular flexibility index (Phi) is 3.15. The second kappa shape index (κ2) is 3.67. The van der Waals surface area contributed by atoms with E-state index >= 15 is 0 Å². The van der Waals surface area contributed by atoms with Gasteiger partial charge in [-0.3, -0.25) is 0 Å². The summed E-state index contributed by atoms with van der Waals surface area (Å²) in [6, 6.07) is 0. The van der Waals surface area contributed by atoms with Crippen LogP contribution in [0.4, 0.5) is 0 Å². The highest BCUT2D eigenvalue weighted by Crippen LogP contribution is 2.34. The maximum absolute atomic E-state index is 5.26. The maximum Gasteiger partial charge on any atom is 0.146 e. The number of allylic oxidation sites excluding steroid dienone is 1. The lowest BCUT2D eigenvalue weighted by molar-refractivity contribution is 0.543. The minimum Gasteiger partial charge on any atom is -0.320 e. The Labute approximate surface area is 94.6 Å². The van der Waals surface area contributed by atoms with E-state index in [1.54, 1.807) is 11.8 Å². The van der Waals surface area contributed by atoms with Crippen LogP contribution in [0.1, 0.15) is 20.8 Å². The normalized spacial score (nSPS) is 21.8. The van der Waals surface area contributed by atoms with Crippen molar-refractivity contribution in [3.05, 3.63) is 11.0 Å². The number of hydrogen-bond acceptors (Lipinski definition) is 3. The van der Waals surface area contributed by atoms with Gasteiger partial charge >= 0.3 is 0 Å². The Morgan fingerprint density at radius 3 is 2.15 bits per heavy atom. The largest absolute Gasteiger partial charge is 0.320 e. The molecule has 0 atom stereocenters. The number of likely N-dealkylation sites (N-methyl/N-ethyl adjacent to an activating group) is 1. The van der Waals surface area contributed by atoms with E-state index in [-0.39, 0.29) is 5.41 Å². The van der Waals surface area contributed by atoms with Gasteiger partial charge in [0.2, 0.25) is 0 Å². The Morgan fingerprint density at radius 2 is 1.85 bits per heavy atom. The molecule has 72 valence electrons. The van der Waals surface area contributed by atoms with Gasteiger partial charge in [-0.25, -0.2) is 0 Å². The van der Waals surface area contributed by atoms with E-state index in [9.17, 15) is 0 Å². The average Bonchev–Trinajstić information content (AvgIpc) is 2.15. The summed E-state index contributed by atoms with van der Waals surface area (Å²) in [6.45, 7) is 6.47. The van der Waals surface area contributed by atoms with Gasteiger partial charge in [-0.15, -0.1) is 0 Å². The van der Waals surface area contributed by atoms with Gasteiger partial charge in [-0.05, 0) is 5.41 Å². The average molecular weight is 231 g/mol. The van der Waals surface area contributed by atoms with Crippen LogP contribution in [-0.4, -0.2) is 21.3 Å². The fourth-order valence-corrected chi connectivity index (χ4v) is 2.74. The quantitative estimate of drug-likeness (QED) is 0.465. The summed E-state index contributed by atoms with van der Waals surface area (Å²) >= 11 is 12.0. The zero-order valence-electron chi connectivity index (χ0n) is 8.25. The van der Waals surface area contributed by atoms with Gasteiger partial charge in [0.1, 0.15) is 9.31 Å². The third-order valence-electron chi connectivity index (χ3n) is 1.55. The van der Waals surface area contributed by atoms with E-state index < -0.39 is 0 Å². The van der Waals surface area contributed by atoms with Gasteiger partial charge in [0.05, 0.1) is 0 Å². The van der Waals surface area contributed by atoms with Crippen LogP contribution in [-0.2, 0) is 0 Å². The van der Waals surface area contributed by atoms with Gasteiger partial charge in [-0.2, -0.15) is 0 Å². The number of hydrogen-bond donors (Lipinski definition) is 0. The van der Waals surface area contributed by atoms with E-state index in [1.807, 2.05) is 11.9 Å². The fraction of sp³-hybridized carbons (Fsp3) is 0.556. The molecule has 1 aliphatic rings. The standard InChI is InChI=1S/C9H13NS3/c1-9(2,3)5-6-7(11)10(4)8(12)13-6/h5H,1-4H3/b6-5-. The van der Waals surface area contributed by atoms with Crippen molar-refractivity contribution in [3.63, 3.8) is 0 Å². The second-order valence-corrected chi connectivity index (χ2v) is 6.17. The molecule has 0 bridgehead atoms. The minimum absolute atomic E-state index is 0.160. The molecule has 13 heavy (non-hydrogen) atoms. The van der Waals surface area contributed by atoms with Gasteiger partial charge in [-0.1, -0.05) is 63.0 Å². The molecule has 0 aromatic heterocycles. The summed E-state index contributed by atoms with van der Waals surface area (Å²) in [6.07, 6.45) is 2.18. The van der Waals surface area contributed by atoms with E-state index in [0.29, 0.717) is 0 Å². The van der Waals surface area contributed by atoms with E-state index in [0.717, 1.165) is 14.2 Å². The summed E-state index contributed by atoms with van der Waals surface area (Å²) in [5, 5.41) is 0. The van der Waals surface area contributed by atoms with Gasteiger partial charge in [0.15, 0.2) is 0 Å². The van der Waals surface area contributed by atoms with Crippen LogP contribution in [0, 0.1) is 5.41 Å². The molecule has 0 N–H and O–H groups in total. The monoisotopic (exact) mass is 231 g/mol. The van der Waals surface area contributed by atoms with Crippen LogP contribution in [0.15, 0.2) is 11.0 Å². The lowest BCUT2D eigenvalue weighted by Gasteiger charge is -2.13. The van der Waals surface area contributed by atoms with Crippen LogP contribution in [0.5, 0.6) is 0 Å². The molecule has 0 aliphatic carbocycles. The smallest absolute Gasteiger partial charge is 0.146 e. The second-order valence-electron chi connectivity index (χ2n) is 4.11. The predicted molar refractivity (Wildman–Crippen MR) is 68.1 cm³/mol. The van der Waals surface area contributed by atoms with E-state index in [2.05, 4.69) is 26.8 Å². The Hall–Kier alpha value is 0.0700. The molecular formula is C9H13NS3. The molecular weight excluding hydrogens is 218 g/mol. The molecule has 0 radical (unpaired) electrons. The predicted octanol–water partition coefficient (Wildman–Crippen LogP) is 3.21. The molecule has 1 aliphatic heterocycles. The maximum atomic E-state index is 5.26. The third kappa shape index (κ3) is 2.76. The molecule has 1 nitrogen and oxygen atoms in total. The summed E-state index contributed by atoms with van der Waals surface area (Å²) in [5.74, 6) is 0. The van der Waals surface area contributed by atoms with Crippen molar-refractivity contribution in [1.82, 2.24) is 4.90 Å². The van der Waals surface area contributed by atoms with Crippen molar-refractivity contribution < 1.29 is 0 Å². The molecule has 0 aromatic rings. The van der Waals surface area contributed by atoms with E-state index in [4.69, 9.17) is 24.4 Å². The molecule has 1 fully saturated rings. The van der Waals surface area contributed by atoms with Gasteiger partial charge < -0.3 is 4.90 Å². The highest BCUT2D eigenvalue weighted by atomic mass is 32.2. The van der Waals surface area contributed by atoms with E-state index in [1.165, 1.54) is 0 Å². The van der Waals surface area contributed by atoms with Crippen molar-refractivity contribution in [2.75, 3.05) is 7.05 Å². The molecule has 1 heterocycles. The number of thioether (sulfide) groups is 1. The SMILES string of the molecule is CN1C(=S)S/C(=C\C(C)(C)C)C1=S. The Morgan fingerprint density at radius 1 is 1.31 bits per heavy atom. The topological polar surface area (TPSA) is 3.24 Å². The molecule has 4 heteroatoms. The molecule has 0 saturated carbocycles. The van der Waals surface area contributed by atoms with Crippen LogP contribution in [0.2, 0.25) is 0 Å². The lowest BCUT2D eigenvalue weighted by atomic mass is 9.96. The first-order valence-corrected chi connectivity index (χ1v) is 5.67. The number of nitrogens with zero attached hydrogens (tertiary/aromatic N) is 1. The lowest BCUT2D eigenvalue weighted by Crippen LogP contribution is -2.21. The number of thiocarbonyl (C=S) groups is 2. The molecule has 0 amide bonds. The third-order valence-corrected chi connectivity index (χ3v) is 3.68. The van der Waals surface area contributed by atoms with Crippen molar-refractivity contribution >= 4 is 45.5 Å². The first-order chi connectivity index (χ1) is 5.81. The molecule has 0 aromatic carbocycles. The molecule has 0 unspecified atom stereocenters. The van der Waals surface area contributed by atoms with Crippen molar-refractivity contribution in [2.24, 2.45) is 5.41 Å². The zero-order chi connectivity index (χ0) is 10.2. The summed E-state index contributed by atoms with van der Waals surface area (Å²) in [5.41, 5.74) is 0.160. The van der Waals surface area contributed by atoms with Gasteiger partial charge in [0, 0.05) is 12.0 Å². The van der Waals surface area contributed by atoms with Gasteiger partial charge in [0.25, 0.3) is 0 Å². The minimum atomic E-state index is 0.160. The highest BCUT2D eigenvalue weighted by molar-refractivity contribution is 8.27. The number of rotatable bonds is 0. The van der Waals surface area contributed by atoms with Crippen LogP contribution in [0.25, 0.3) is 0 Å². The van der Waals surface area contributed by atoms with Crippen LogP contribution < -0.4 is 0 Å². The zero-order valence-corrected chi connectivity index (χ0v) is 10.7. The fourth-order valence-electron chi connectivity index (χ4n) is 0.939. The molecule has 1 rings (SSSR count). The highest BCUT2D eigenvalue weighted by Gasteiger charge is 2.26. The first kappa shape index (κ1) is 11.1. The Bertz CT molecular complexity index is 286. The summed E-state index contributed by atoms with van der Waals surface area (Å²) in [4.78, 5) is 3.85. The molecule has 1 saturated heterocycles. The van der Waals surface area contributed by atoms with Crippen molar-refractivity contribution in [3.8, 4) is 0 Å².